The number of carbonyl (C=O) groups is 1. The fourth-order valence-corrected chi connectivity index (χ4v) is 2.46. The molecule has 0 saturated carbocycles. The molecule has 0 radical (unpaired) electrons. The first-order valence-corrected chi connectivity index (χ1v) is 5.49. The monoisotopic (exact) mass is 216 g/mol. The lowest BCUT2D eigenvalue weighted by Gasteiger charge is -2.31. The lowest BCUT2D eigenvalue weighted by molar-refractivity contribution is -0.150. The van der Waals surface area contributed by atoms with Crippen molar-refractivity contribution in [1.29, 1.82) is 0 Å². The number of hydrogen-bond donors (Lipinski definition) is 2. The zero-order valence-corrected chi connectivity index (χ0v) is 8.71. The summed E-state index contributed by atoms with van der Waals surface area (Å²) in [6.45, 7) is 2.54. The zero-order valence-electron chi connectivity index (χ0n) is 8.71. The van der Waals surface area contributed by atoms with Crippen LogP contribution in [0.1, 0.15) is 19.3 Å². The Morgan fingerprint density at radius 1 is 1.47 bits per heavy atom. The number of aliphatic carboxylic acids is 1. The normalized spacial score (nSPS) is 34.5. The molecule has 4 nitrogen and oxygen atoms in total. The summed E-state index contributed by atoms with van der Waals surface area (Å²) in [5, 5.41) is 12.0. The van der Waals surface area contributed by atoms with E-state index in [1.165, 1.54) is 0 Å². The van der Waals surface area contributed by atoms with Crippen molar-refractivity contribution in [2.24, 2.45) is 0 Å². The third-order valence-corrected chi connectivity index (χ3v) is 3.46. The van der Waals surface area contributed by atoms with Crippen molar-refractivity contribution in [3.63, 3.8) is 0 Å². The Labute approximate surface area is 88.4 Å². The standard InChI is InChI=1S/C10H17FN2O2/c11-10(9(14)15)3-6-13(7-10)8-1-4-12-5-2-8/h8,12H,1-7H2,(H,14,15). The third-order valence-electron chi connectivity index (χ3n) is 3.46. The fraction of sp³-hybridized carbons (Fsp3) is 0.900. The lowest BCUT2D eigenvalue weighted by atomic mass is 10.0. The molecule has 0 bridgehead atoms. The number of halogens is 1. The summed E-state index contributed by atoms with van der Waals surface area (Å²) < 4.78 is 13.8. The van der Waals surface area contributed by atoms with E-state index in [0.717, 1.165) is 25.9 Å². The Kier molecular flexibility index (Phi) is 2.93. The van der Waals surface area contributed by atoms with Gasteiger partial charge in [-0.05, 0) is 25.9 Å². The average Bonchev–Trinajstić information content (AvgIpc) is 2.64. The first-order valence-electron chi connectivity index (χ1n) is 5.49. The first-order chi connectivity index (χ1) is 7.12. The zero-order chi connectivity index (χ0) is 10.9. The van der Waals surface area contributed by atoms with Crippen LogP contribution in [0.15, 0.2) is 0 Å². The van der Waals surface area contributed by atoms with Gasteiger partial charge >= 0.3 is 5.97 Å². The van der Waals surface area contributed by atoms with Gasteiger partial charge in [-0.3, -0.25) is 4.90 Å². The Morgan fingerprint density at radius 3 is 2.67 bits per heavy atom. The minimum absolute atomic E-state index is 0.0625. The number of piperidine rings is 1. The SMILES string of the molecule is O=C(O)C1(F)CCN(C2CCNCC2)C1. The molecule has 5 heteroatoms. The van der Waals surface area contributed by atoms with Crippen molar-refractivity contribution in [3.8, 4) is 0 Å². The molecule has 0 aromatic heterocycles. The molecule has 2 aliphatic heterocycles. The van der Waals surface area contributed by atoms with Gasteiger partial charge in [0.15, 0.2) is 0 Å². The second-order valence-corrected chi connectivity index (χ2v) is 4.47. The summed E-state index contributed by atoms with van der Waals surface area (Å²) in [7, 11) is 0. The molecular weight excluding hydrogens is 199 g/mol. The molecule has 0 aromatic carbocycles. The number of nitrogens with zero attached hydrogens (tertiary/aromatic N) is 1. The van der Waals surface area contributed by atoms with E-state index in [2.05, 4.69) is 5.32 Å². The summed E-state index contributed by atoms with van der Waals surface area (Å²) >= 11 is 0. The highest BCUT2D eigenvalue weighted by Gasteiger charge is 2.46. The summed E-state index contributed by atoms with van der Waals surface area (Å²) in [5.74, 6) is -1.31. The summed E-state index contributed by atoms with van der Waals surface area (Å²) in [6.07, 6.45) is 2.12. The van der Waals surface area contributed by atoms with Gasteiger partial charge in [0.25, 0.3) is 0 Å². The van der Waals surface area contributed by atoms with Crippen LogP contribution in [0, 0.1) is 0 Å². The molecular formula is C10H17FN2O2. The van der Waals surface area contributed by atoms with Crippen molar-refractivity contribution in [2.75, 3.05) is 26.2 Å². The highest BCUT2D eigenvalue weighted by atomic mass is 19.1. The largest absolute Gasteiger partial charge is 0.479 e. The number of hydrogen-bond acceptors (Lipinski definition) is 3. The minimum atomic E-state index is -2.01. The maximum atomic E-state index is 13.8. The van der Waals surface area contributed by atoms with Gasteiger partial charge in [0.1, 0.15) is 0 Å². The van der Waals surface area contributed by atoms with E-state index in [-0.39, 0.29) is 13.0 Å². The van der Waals surface area contributed by atoms with Crippen molar-refractivity contribution in [2.45, 2.75) is 31.0 Å². The van der Waals surface area contributed by atoms with Gasteiger partial charge in [-0.25, -0.2) is 9.18 Å². The second-order valence-electron chi connectivity index (χ2n) is 4.47. The molecule has 0 amide bonds. The number of rotatable bonds is 2. The summed E-state index contributed by atoms with van der Waals surface area (Å²) in [6, 6.07) is 0.364. The molecule has 2 heterocycles. The van der Waals surface area contributed by atoms with Crippen LogP contribution < -0.4 is 5.32 Å². The smallest absolute Gasteiger partial charge is 0.342 e. The third kappa shape index (κ3) is 2.13. The predicted molar refractivity (Wildman–Crippen MR) is 53.6 cm³/mol. The van der Waals surface area contributed by atoms with Crippen molar-refractivity contribution in [3.05, 3.63) is 0 Å². The molecule has 0 spiro atoms. The van der Waals surface area contributed by atoms with Crippen molar-refractivity contribution < 1.29 is 14.3 Å². The second kappa shape index (κ2) is 4.06. The van der Waals surface area contributed by atoms with Crippen LogP contribution in [0.2, 0.25) is 0 Å². The molecule has 2 saturated heterocycles. The van der Waals surface area contributed by atoms with E-state index in [1.807, 2.05) is 4.90 Å². The van der Waals surface area contributed by atoms with Crippen LogP contribution in [0.5, 0.6) is 0 Å². The maximum Gasteiger partial charge on any atom is 0.342 e. The number of alkyl halides is 1. The summed E-state index contributed by atoms with van der Waals surface area (Å²) in [4.78, 5) is 12.7. The number of likely N-dealkylation sites (tertiary alicyclic amines) is 1. The van der Waals surface area contributed by atoms with Crippen LogP contribution in [0.25, 0.3) is 0 Å². The van der Waals surface area contributed by atoms with Gasteiger partial charge in [0.2, 0.25) is 5.67 Å². The van der Waals surface area contributed by atoms with Crippen LogP contribution >= 0.6 is 0 Å². The minimum Gasteiger partial charge on any atom is -0.479 e. The van der Waals surface area contributed by atoms with E-state index < -0.39 is 11.6 Å². The van der Waals surface area contributed by atoms with Crippen LogP contribution in [0.4, 0.5) is 4.39 Å². The average molecular weight is 216 g/mol. The van der Waals surface area contributed by atoms with Gasteiger partial charge in [0, 0.05) is 25.6 Å². The predicted octanol–water partition coefficient (Wildman–Crippen LogP) is 0.237. The van der Waals surface area contributed by atoms with E-state index in [9.17, 15) is 9.18 Å². The van der Waals surface area contributed by atoms with Crippen LogP contribution in [-0.2, 0) is 4.79 Å². The Balaban J connectivity index is 1.94. The van der Waals surface area contributed by atoms with Gasteiger partial charge in [-0.2, -0.15) is 0 Å². The van der Waals surface area contributed by atoms with E-state index in [4.69, 9.17) is 5.11 Å². The molecule has 1 atom stereocenters. The van der Waals surface area contributed by atoms with Gasteiger partial charge in [-0.1, -0.05) is 0 Å². The molecule has 1 unspecified atom stereocenters. The molecule has 2 aliphatic rings. The summed E-state index contributed by atoms with van der Waals surface area (Å²) in [5.41, 5.74) is -2.01. The van der Waals surface area contributed by atoms with Crippen molar-refractivity contribution in [1.82, 2.24) is 10.2 Å². The number of carboxylic acids is 1. The lowest BCUT2D eigenvalue weighted by Crippen LogP contribution is -2.44. The highest BCUT2D eigenvalue weighted by molar-refractivity contribution is 5.78. The molecule has 0 aromatic rings. The Morgan fingerprint density at radius 2 is 2.13 bits per heavy atom. The van der Waals surface area contributed by atoms with E-state index in [1.54, 1.807) is 0 Å². The molecule has 2 fully saturated rings. The van der Waals surface area contributed by atoms with Crippen LogP contribution in [-0.4, -0.2) is 53.9 Å². The Hall–Kier alpha value is -0.680. The van der Waals surface area contributed by atoms with Gasteiger partial charge in [-0.15, -0.1) is 0 Å². The number of carboxylic acid groups (broad SMARTS) is 1. The number of nitrogens with one attached hydrogen (secondary N) is 1. The highest BCUT2D eigenvalue weighted by Crippen LogP contribution is 2.29. The topological polar surface area (TPSA) is 52.6 Å². The molecule has 0 aliphatic carbocycles. The fourth-order valence-electron chi connectivity index (χ4n) is 2.46. The Bertz CT molecular complexity index is 256. The molecule has 15 heavy (non-hydrogen) atoms. The van der Waals surface area contributed by atoms with Crippen LogP contribution in [0.3, 0.4) is 0 Å². The van der Waals surface area contributed by atoms with E-state index in [0.29, 0.717) is 12.6 Å². The molecule has 86 valence electrons. The molecule has 2 rings (SSSR count). The first kappa shape index (κ1) is 10.8. The van der Waals surface area contributed by atoms with Gasteiger partial charge < -0.3 is 10.4 Å². The molecule has 2 N–H and O–H groups in total. The quantitative estimate of drug-likeness (QED) is 0.694. The maximum absolute atomic E-state index is 13.8. The van der Waals surface area contributed by atoms with E-state index >= 15 is 0 Å². The van der Waals surface area contributed by atoms with Gasteiger partial charge in [0.05, 0.1) is 0 Å². The van der Waals surface area contributed by atoms with Crippen molar-refractivity contribution >= 4 is 5.97 Å².